The molecule has 0 aliphatic heterocycles. The van der Waals surface area contributed by atoms with Crippen LogP contribution in [0.25, 0.3) is 0 Å². The molecular weight excluding hydrogens is 292 g/mol. The minimum Gasteiger partial charge on any atom is -0.382 e. The van der Waals surface area contributed by atoms with Crippen LogP contribution >= 0.6 is 0 Å². The number of hydrogen-bond acceptors (Lipinski definition) is 4. The lowest BCUT2D eigenvalue weighted by Gasteiger charge is -2.09. The highest BCUT2D eigenvalue weighted by molar-refractivity contribution is 7.89. The smallest absolute Gasteiger partial charge is 0.238 e. The first-order chi connectivity index (χ1) is 9.82. The molecule has 0 fully saturated rings. The van der Waals surface area contributed by atoms with Gasteiger partial charge in [0.15, 0.2) is 0 Å². The lowest BCUT2D eigenvalue weighted by molar-refractivity contribution is -0.121. The molecule has 0 aliphatic rings. The van der Waals surface area contributed by atoms with Crippen LogP contribution in [-0.4, -0.2) is 34.1 Å². The number of carbonyl (C=O) groups is 1. The predicted molar refractivity (Wildman–Crippen MR) is 80.2 cm³/mol. The molecule has 1 aromatic carbocycles. The number of methoxy groups -OCH3 is 1. The van der Waals surface area contributed by atoms with Crippen molar-refractivity contribution < 1.29 is 17.9 Å². The number of rotatable bonds is 8. The van der Waals surface area contributed by atoms with Crippen molar-refractivity contribution in [3.05, 3.63) is 29.8 Å². The van der Waals surface area contributed by atoms with Gasteiger partial charge in [0.2, 0.25) is 15.9 Å². The first-order valence-electron chi connectivity index (χ1n) is 6.74. The average Bonchev–Trinajstić information content (AvgIpc) is 2.44. The third-order valence-corrected chi connectivity index (χ3v) is 4.10. The second kappa shape index (κ2) is 8.11. The van der Waals surface area contributed by atoms with Gasteiger partial charge in [-0.05, 0) is 37.5 Å². The Bertz CT molecular complexity index is 555. The number of benzene rings is 1. The van der Waals surface area contributed by atoms with Crippen molar-refractivity contribution in [3.63, 3.8) is 0 Å². The Hall–Kier alpha value is -1.44. The van der Waals surface area contributed by atoms with Crippen LogP contribution < -0.4 is 10.5 Å². The number of sulfonamides is 1. The SMILES string of the molecule is COC(C)CCC(=O)NCCc1ccc(S(N)(=O)=O)cc1. The van der Waals surface area contributed by atoms with E-state index in [1.807, 2.05) is 6.92 Å². The summed E-state index contributed by atoms with van der Waals surface area (Å²) in [5, 5.41) is 7.84. The van der Waals surface area contributed by atoms with Crippen molar-refractivity contribution >= 4 is 15.9 Å². The summed E-state index contributed by atoms with van der Waals surface area (Å²) < 4.78 is 27.3. The van der Waals surface area contributed by atoms with Crippen molar-refractivity contribution in [2.75, 3.05) is 13.7 Å². The van der Waals surface area contributed by atoms with Crippen LogP contribution in [-0.2, 0) is 26.0 Å². The van der Waals surface area contributed by atoms with Gasteiger partial charge < -0.3 is 10.1 Å². The molecule has 7 heteroatoms. The third-order valence-electron chi connectivity index (χ3n) is 3.17. The number of carbonyl (C=O) groups excluding carboxylic acids is 1. The van der Waals surface area contributed by atoms with Gasteiger partial charge in [-0.1, -0.05) is 12.1 Å². The first kappa shape index (κ1) is 17.6. The number of hydrogen-bond donors (Lipinski definition) is 2. The molecule has 0 heterocycles. The van der Waals surface area contributed by atoms with E-state index in [9.17, 15) is 13.2 Å². The molecule has 21 heavy (non-hydrogen) atoms. The fraction of sp³-hybridized carbons (Fsp3) is 0.500. The maximum Gasteiger partial charge on any atom is 0.238 e. The van der Waals surface area contributed by atoms with Crippen LogP contribution in [0.3, 0.4) is 0 Å². The standard InChI is InChI=1S/C14H22N2O4S/c1-11(20-2)3-8-14(17)16-10-9-12-4-6-13(7-5-12)21(15,18)19/h4-7,11H,3,8-10H2,1-2H3,(H,16,17)(H2,15,18,19). The van der Waals surface area contributed by atoms with Gasteiger partial charge in [-0.3, -0.25) is 4.79 Å². The van der Waals surface area contributed by atoms with E-state index in [4.69, 9.17) is 9.88 Å². The topological polar surface area (TPSA) is 98.5 Å². The normalized spacial score (nSPS) is 12.9. The molecule has 0 saturated heterocycles. The monoisotopic (exact) mass is 314 g/mol. The Balaban J connectivity index is 2.34. The molecule has 0 saturated carbocycles. The number of ether oxygens (including phenoxy) is 1. The van der Waals surface area contributed by atoms with Crippen LogP contribution in [0.5, 0.6) is 0 Å². The summed E-state index contributed by atoms with van der Waals surface area (Å²) in [5.74, 6) is -0.0138. The van der Waals surface area contributed by atoms with Gasteiger partial charge in [-0.15, -0.1) is 0 Å². The maximum absolute atomic E-state index is 11.6. The van der Waals surface area contributed by atoms with Gasteiger partial charge >= 0.3 is 0 Å². The van der Waals surface area contributed by atoms with Gasteiger partial charge in [0.1, 0.15) is 0 Å². The molecule has 1 aromatic rings. The largest absolute Gasteiger partial charge is 0.382 e. The summed E-state index contributed by atoms with van der Waals surface area (Å²) in [6.45, 7) is 2.43. The molecule has 6 nitrogen and oxygen atoms in total. The van der Waals surface area contributed by atoms with Gasteiger partial charge in [0.05, 0.1) is 11.0 Å². The highest BCUT2D eigenvalue weighted by Gasteiger charge is 2.07. The van der Waals surface area contributed by atoms with E-state index in [1.165, 1.54) is 12.1 Å². The van der Waals surface area contributed by atoms with Crippen molar-refractivity contribution in [3.8, 4) is 0 Å². The molecule has 0 radical (unpaired) electrons. The third kappa shape index (κ3) is 6.70. The molecule has 0 aromatic heterocycles. The summed E-state index contributed by atoms with van der Waals surface area (Å²) in [6, 6.07) is 6.32. The Morgan fingerprint density at radius 3 is 2.48 bits per heavy atom. The number of amides is 1. The minimum atomic E-state index is -3.65. The highest BCUT2D eigenvalue weighted by Crippen LogP contribution is 2.09. The highest BCUT2D eigenvalue weighted by atomic mass is 32.2. The Morgan fingerprint density at radius 1 is 1.33 bits per heavy atom. The van der Waals surface area contributed by atoms with Crippen molar-refractivity contribution in [2.45, 2.75) is 37.2 Å². The van der Waals surface area contributed by atoms with Crippen LogP contribution in [0.1, 0.15) is 25.3 Å². The zero-order chi connectivity index (χ0) is 15.9. The second-order valence-corrected chi connectivity index (χ2v) is 6.44. The molecule has 1 atom stereocenters. The summed E-state index contributed by atoms with van der Waals surface area (Å²) in [5.41, 5.74) is 0.938. The number of nitrogens with one attached hydrogen (secondary N) is 1. The van der Waals surface area contributed by atoms with E-state index in [1.54, 1.807) is 19.2 Å². The summed E-state index contributed by atoms with van der Waals surface area (Å²) in [6.07, 6.45) is 1.82. The van der Waals surface area contributed by atoms with E-state index < -0.39 is 10.0 Å². The Labute approximate surface area is 125 Å². The average molecular weight is 314 g/mol. The van der Waals surface area contributed by atoms with E-state index >= 15 is 0 Å². The van der Waals surface area contributed by atoms with Crippen molar-refractivity contribution in [2.24, 2.45) is 5.14 Å². The number of nitrogens with two attached hydrogens (primary N) is 1. The van der Waals surface area contributed by atoms with Crippen LogP contribution in [0.2, 0.25) is 0 Å². The first-order valence-corrected chi connectivity index (χ1v) is 8.29. The van der Waals surface area contributed by atoms with Crippen LogP contribution in [0, 0.1) is 0 Å². The zero-order valence-electron chi connectivity index (χ0n) is 12.3. The Morgan fingerprint density at radius 2 is 1.95 bits per heavy atom. The lowest BCUT2D eigenvalue weighted by Crippen LogP contribution is -2.26. The summed E-state index contributed by atoms with van der Waals surface area (Å²) in [4.78, 5) is 11.7. The van der Waals surface area contributed by atoms with E-state index in [-0.39, 0.29) is 16.9 Å². The molecule has 0 aliphatic carbocycles. The molecule has 1 amide bonds. The predicted octanol–water partition coefficient (Wildman–Crippen LogP) is 0.808. The fourth-order valence-electron chi connectivity index (χ4n) is 1.73. The van der Waals surface area contributed by atoms with Gasteiger partial charge in [-0.25, -0.2) is 13.6 Å². The molecule has 0 bridgehead atoms. The fourth-order valence-corrected chi connectivity index (χ4v) is 2.25. The second-order valence-electron chi connectivity index (χ2n) is 4.87. The molecule has 118 valence electrons. The van der Waals surface area contributed by atoms with Crippen molar-refractivity contribution in [1.29, 1.82) is 0 Å². The maximum atomic E-state index is 11.6. The Kier molecular flexibility index (Phi) is 6.80. The molecule has 1 unspecified atom stereocenters. The van der Waals surface area contributed by atoms with E-state index in [0.29, 0.717) is 25.8 Å². The summed E-state index contributed by atoms with van der Waals surface area (Å²) in [7, 11) is -2.03. The minimum absolute atomic E-state index is 0.0138. The number of primary sulfonamides is 1. The molecule has 0 spiro atoms. The van der Waals surface area contributed by atoms with Gasteiger partial charge in [0, 0.05) is 20.1 Å². The van der Waals surface area contributed by atoms with Gasteiger partial charge in [0.25, 0.3) is 0 Å². The van der Waals surface area contributed by atoms with Crippen LogP contribution in [0.15, 0.2) is 29.2 Å². The lowest BCUT2D eigenvalue weighted by atomic mass is 10.1. The molecule has 3 N–H and O–H groups in total. The van der Waals surface area contributed by atoms with Crippen LogP contribution in [0.4, 0.5) is 0 Å². The van der Waals surface area contributed by atoms with Crippen molar-refractivity contribution in [1.82, 2.24) is 5.32 Å². The van der Waals surface area contributed by atoms with E-state index in [2.05, 4.69) is 5.32 Å². The molecular formula is C14H22N2O4S. The molecule has 1 rings (SSSR count). The zero-order valence-corrected chi connectivity index (χ0v) is 13.2. The van der Waals surface area contributed by atoms with Gasteiger partial charge in [-0.2, -0.15) is 0 Å². The quantitative estimate of drug-likeness (QED) is 0.741. The van der Waals surface area contributed by atoms with E-state index in [0.717, 1.165) is 5.56 Å². The summed E-state index contributed by atoms with van der Waals surface area (Å²) >= 11 is 0.